The lowest BCUT2D eigenvalue weighted by atomic mass is 9.95. The lowest BCUT2D eigenvalue weighted by Crippen LogP contribution is -2.37. The number of fused-ring (bicyclic) bond motifs is 1. The Kier molecular flexibility index (Phi) is 7.49. The van der Waals surface area contributed by atoms with E-state index in [4.69, 9.17) is 12.9 Å². The number of benzene rings is 1. The first kappa shape index (κ1) is 27.5. The van der Waals surface area contributed by atoms with Crippen LogP contribution < -0.4 is 4.90 Å². The summed E-state index contributed by atoms with van der Waals surface area (Å²) >= 11 is 0. The van der Waals surface area contributed by atoms with Crippen LogP contribution in [0.4, 0.5) is 19.0 Å². The number of halogens is 3. The molecule has 1 aliphatic heterocycles. The van der Waals surface area contributed by atoms with Gasteiger partial charge in [0.2, 0.25) is 11.7 Å². The third-order valence-corrected chi connectivity index (χ3v) is 6.93. The van der Waals surface area contributed by atoms with Gasteiger partial charge in [-0.25, -0.2) is 22.5 Å². The molecule has 7 nitrogen and oxygen atoms in total. The van der Waals surface area contributed by atoms with Gasteiger partial charge in [0.25, 0.3) is 0 Å². The van der Waals surface area contributed by atoms with E-state index in [0.29, 0.717) is 17.9 Å². The minimum absolute atomic E-state index is 0.101. The molecule has 38 heavy (non-hydrogen) atoms. The molecule has 0 saturated carbocycles. The number of aryl methyl sites for hydroxylation is 2. The number of carbonyl (C=O) groups is 1. The van der Waals surface area contributed by atoms with E-state index in [9.17, 15) is 13.6 Å². The third-order valence-electron chi connectivity index (χ3n) is 6.93. The van der Waals surface area contributed by atoms with Crippen molar-refractivity contribution in [1.29, 1.82) is 0 Å². The van der Waals surface area contributed by atoms with Gasteiger partial charge in [0.05, 0.1) is 24.5 Å². The molecular formula is C27H32BF3N6O. The van der Waals surface area contributed by atoms with E-state index in [0.717, 1.165) is 28.6 Å². The Morgan fingerprint density at radius 1 is 1.21 bits per heavy atom. The minimum atomic E-state index is -3.68. The predicted molar refractivity (Wildman–Crippen MR) is 142 cm³/mol. The second-order valence-corrected chi connectivity index (χ2v) is 10.0. The van der Waals surface area contributed by atoms with Crippen LogP contribution in [0.1, 0.15) is 63.2 Å². The molecule has 11 heteroatoms. The number of allylic oxidation sites excluding steroid dienone is 1. The summed E-state index contributed by atoms with van der Waals surface area (Å²) in [7, 11) is 7.01. The number of carbonyl (C=O) groups excluding carboxylic acids is 1. The summed E-state index contributed by atoms with van der Waals surface area (Å²) in [5.74, 6) is -3.91. The van der Waals surface area contributed by atoms with Crippen molar-refractivity contribution in [2.75, 3.05) is 11.9 Å². The normalized spacial score (nSPS) is 14.7. The zero-order valence-electron chi connectivity index (χ0n) is 22.6. The molecule has 0 aliphatic carbocycles. The smallest absolute Gasteiger partial charge is 0.240 e. The van der Waals surface area contributed by atoms with Gasteiger partial charge < -0.3 is 4.90 Å². The van der Waals surface area contributed by atoms with Gasteiger partial charge in [-0.15, -0.1) is 0 Å². The highest BCUT2D eigenvalue weighted by molar-refractivity contribution is 6.13. The predicted octanol–water partition coefficient (Wildman–Crippen LogP) is 5.15. The summed E-state index contributed by atoms with van der Waals surface area (Å²) in [5, 5.41) is 8.81. The van der Waals surface area contributed by atoms with Crippen LogP contribution in [0.25, 0.3) is 11.4 Å². The molecule has 2 aromatic heterocycles. The van der Waals surface area contributed by atoms with Crippen LogP contribution in [-0.2, 0) is 23.7 Å². The number of alkyl halides is 2. The van der Waals surface area contributed by atoms with Gasteiger partial charge in [0.1, 0.15) is 28.7 Å². The second-order valence-electron chi connectivity index (χ2n) is 10.0. The molecule has 1 amide bonds. The van der Waals surface area contributed by atoms with E-state index in [1.807, 2.05) is 13.1 Å². The lowest BCUT2D eigenvalue weighted by molar-refractivity contribution is -0.119. The number of amides is 1. The van der Waals surface area contributed by atoms with Crippen molar-refractivity contribution in [2.24, 2.45) is 0 Å². The van der Waals surface area contributed by atoms with Crippen molar-refractivity contribution < 1.29 is 18.0 Å². The topological polar surface area (TPSA) is 59.2 Å². The van der Waals surface area contributed by atoms with Gasteiger partial charge in [-0.1, -0.05) is 13.0 Å². The molecule has 200 valence electrons. The average molecular weight is 524 g/mol. The Bertz CT molecular complexity index is 1390. The molecule has 2 radical (unpaired) electrons. The molecule has 3 heterocycles. The third kappa shape index (κ3) is 5.23. The highest BCUT2D eigenvalue weighted by Gasteiger charge is 2.31. The van der Waals surface area contributed by atoms with Crippen LogP contribution in [0.15, 0.2) is 35.9 Å². The van der Waals surface area contributed by atoms with Gasteiger partial charge in [-0.2, -0.15) is 10.2 Å². The van der Waals surface area contributed by atoms with Gasteiger partial charge in [0, 0.05) is 25.6 Å². The molecule has 0 fully saturated rings. The van der Waals surface area contributed by atoms with Crippen molar-refractivity contribution >= 4 is 25.3 Å². The summed E-state index contributed by atoms with van der Waals surface area (Å²) in [5.41, 5.74) is 3.01. The fraction of sp³-hybridized carbons (Fsp3) is 0.444. The molecule has 0 bridgehead atoms. The number of nitrogens with zero attached hydrogens (tertiary/aromatic N) is 6. The van der Waals surface area contributed by atoms with E-state index >= 15 is 4.39 Å². The zero-order chi connectivity index (χ0) is 27.9. The van der Waals surface area contributed by atoms with Crippen LogP contribution in [0.3, 0.4) is 0 Å². The highest BCUT2D eigenvalue weighted by atomic mass is 19.3. The fourth-order valence-electron chi connectivity index (χ4n) is 4.59. The fourth-order valence-corrected chi connectivity index (χ4v) is 4.59. The Labute approximate surface area is 222 Å². The first-order valence-electron chi connectivity index (χ1n) is 12.7. The molecule has 0 spiro atoms. The highest BCUT2D eigenvalue weighted by Crippen LogP contribution is 2.32. The van der Waals surface area contributed by atoms with Crippen LogP contribution in [0, 0.1) is 12.7 Å². The number of hydrogen-bond acceptors (Lipinski definition) is 4. The quantitative estimate of drug-likeness (QED) is 0.383. The van der Waals surface area contributed by atoms with Crippen LogP contribution >= 0.6 is 0 Å². The molecule has 1 aromatic carbocycles. The summed E-state index contributed by atoms with van der Waals surface area (Å²) in [6, 6.07) is 7.47. The number of anilines is 1. The number of aromatic nitrogens is 4. The van der Waals surface area contributed by atoms with Gasteiger partial charge >= 0.3 is 0 Å². The minimum Gasteiger partial charge on any atom is -0.370 e. The van der Waals surface area contributed by atoms with E-state index in [2.05, 4.69) is 37.7 Å². The SMILES string of the molecule is [B]C(F)(F)c1cc(C)nn1-c1ccc(CN2C(=O)CCn3nc(/C(=C(\C)CC)N(C)C(C)C)cc32)cc1F. The molecule has 0 saturated heterocycles. The van der Waals surface area contributed by atoms with Gasteiger partial charge in [-0.3, -0.25) is 9.69 Å². The molecule has 0 N–H and O–H groups in total. The zero-order valence-corrected chi connectivity index (χ0v) is 22.6. The lowest BCUT2D eigenvalue weighted by Gasteiger charge is -2.27. The molecule has 0 atom stereocenters. The Hall–Kier alpha value is -3.50. The summed E-state index contributed by atoms with van der Waals surface area (Å²) in [6.45, 7) is 10.5. The molecule has 1 aliphatic rings. The number of rotatable bonds is 8. The number of hydrogen-bond donors (Lipinski definition) is 0. The molecule has 0 unspecified atom stereocenters. The van der Waals surface area contributed by atoms with Crippen molar-refractivity contribution in [3.05, 3.63) is 64.4 Å². The standard InChI is InChI=1S/C27H32BF3N6O/c1-7-17(4)26(34(6)16(2)3)21-14-24-35(25(38)10-11-36(24)33-21)15-19-8-9-22(20(29)13-19)37-23(27(28,30)31)12-18(5)32-37/h8-9,12-14,16H,7,10-11,15H2,1-6H3/b26-17-. The molecule has 4 rings (SSSR count). The summed E-state index contributed by atoms with van der Waals surface area (Å²) in [6.07, 6.45) is 1.12. The first-order valence-corrected chi connectivity index (χ1v) is 12.7. The Balaban J connectivity index is 1.68. The largest absolute Gasteiger partial charge is 0.370 e. The van der Waals surface area contributed by atoms with Gasteiger partial charge in [-0.05, 0) is 63.5 Å². The van der Waals surface area contributed by atoms with Crippen LogP contribution in [0.5, 0.6) is 0 Å². The van der Waals surface area contributed by atoms with Crippen molar-refractivity contribution in [3.8, 4) is 5.69 Å². The summed E-state index contributed by atoms with van der Waals surface area (Å²) in [4.78, 5) is 16.7. The molecule has 3 aromatic rings. The van der Waals surface area contributed by atoms with Gasteiger partial charge in [0.15, 0.2) is 7.85 Å². The first-order chi connectivity index (χ1) is 17.8. The monoisotopic (exact) mass is 524 g/mol. The van der Waals surface area contributed by atoms with E-state index < -0.39 is 17.3 Å². The second kappa shape index (κ2) is 10.3. The van der Waals surface area contributed by atoms with Crippen molar-refractivity contribution in [3.63, 3.8) is 0 Å². The maximum atomic E-state index is 15.2. The van der Waals surface area contributed by atoms with Crippen LogP contribution in [-0.4, -0.2) is 51.3 Å². The maximum Gasteiger partial charge on any atom is 0.240 e. The maximum absolute atomic E-state index is 15.2. The Morgan fingerprint density at radius 3 is 2.53 bits per heavy atom. The molecular weight excluding hydrogens is 492 g/mol. The summed E-state index contributed by atoms with van der Waals surface area (Å²) < 4.78 is 45.6. The van der Waals surface area contributed by atoms with E-state index in [1.165, 1.54) is 24.6 Å². The van der Waals surface area contributed by atoms with Crippen molar-refractivity contribution in [2.45, 2.75) is 72.4 Å². The Morgan fingerprint density at radius 2 is 1.92 bits per heavy atom. The average Bonchev–Trinajstić information content (AvgIpc) is 3.44. The van der Waals surface area contributed by atoms with Crippen molar-refractivity contribution in [1.82, 2.24) is 24.5 Å². The van der Waals surface area contributed by atoms with Crippen LogP contribution in [0.2, 0.25) is 0 Å². The van der Waals surface area contributed by atoms with E-state index in [-0.39, 0.29) is 36.3 Å². The van der Waals surface area contributed by atoms with E-state index in [1.54, 1.807) is 15.6 Å².